The third-order valence-electron chi connectivity index (χ3n) is 9.25. The highest BCUT2D eigenvalue weighted by atomic mass is 35.5. The van der Waals surface area contributed by atoms with Gasteiger partial charge in [0.05, 0.1) is 56.7 Å². The third kappa shape index (κ3) is 5.46. The van der Waals surface area contributed by atoms with Crippen LogP contribution in [0, 0.1) is 5.82 Å². The molecule has 0 amide bonds. The van der Waals surface area contributed by atoms with E-state index in [0.29, 0.717) is 83.5 Å². The maximum Gasteiger partial charge on any atom is 0.508 e. The Balaban J connectivity index is 1.27. The lowest BCUT2D eigenvalue weighted by Crippen LogP contribution is -2.46. The predicted octanol–water partition coefficient (Wildman–Crippen LogP) is 3.91. The second-order valence-corrected chi connectivity index (χ2v) is 12.4. The van der Waals surface area contributed by atoms with Crippen LogP contribution in [0.4, 0.5) is 15.0 Å². The molecule has 46 heavy (non-hydrogen) atoms. The number of anilines is 1. The Hall–Kier alpha value is -3.85. The number of benzene rings is 1. The van der Waals surface area contributed by atoms with Gasteiger partial charge in [0.15, 0.2) is 5.82 Å². The Bertz CT molecular complexity index is 1790. The first-order valence-electron chi connectivity index (χ1n) is 15.7. The van der Waals surface area contributed by atoms with Crippen LogP contribution in [-0.4, -0.2) is 114 Å². The van der Waals surface area contributed by atoms with Gasteiger partial charge in [0.25, 0.3) is 0 Å². The highest BCUT2D eigenvalue weighted by Gasteiger charge is 2.36. The van der Waals surface area contributed by atoms with Crippen molar-refractivity contribution in [3.63, 3.8) is 0 Å². The summed E-state index contributed by atoms with van der Waals surface area (Å²) in [6.45, 7) is 3.87. The van der Waals surface area contributed by atoms with Crippen LogP contribution in [0.3, 0.4) is 0 Å². The standard InChI is InChI=1S/C31H33ClFN7O6/c32-23-10-24-21(12-35-38-24)25-20(23)2-1-7-44-31(41)46-19-13-39(5-8-43-16-19)29-22-11-34-28(25)26(33)27(22)36-30(37-29)45-15-18-4-3-17-14-42-9-6-40(17)18/h10-12,17-19H,1-9,13-16H2,(H,35,38)/t17?,18?,19-/m0/s1. The zero-order chi connectivity index (χ0) is 31.2. The summed E-state index contributed by atoms with van der Waals surface area (Å²) >= 11 is 6.76. The molecule has 3 atom stereocenters. The van der Waals surface area contributed by atoms with Crippen molar-refractivity contribution in [3.8, 4) is 17.3 Å². The molecule has 0 saturated carbocycles. The van der Waals surface area contributed by atoms with Crippen molar-refractivity contribution >= 4 is 45.4 Å². The lowest BCUT2D eigenvalue weighted by Gasteiger charge is -2.33. The number of H-pyrrole nitrogens is 1. The van der Waals surface area contributed by atoms with E-state index in [0.717, 1.165) is 26.0 Å². The number of carbonyl (C=O) groups excluding carboxylic acids is 1. The summed E-state index contributed by atoms with van der Waals surface area (Å²) in [5, 5.41) is 8.57. The van der Waals surface area contributed by atoms with Crippen LogP contribution in [0.1, 0.15) is 24.8 Å². The number of aromatic amines is 1. The molecule has 0 spiro atoms. The smallest absolute Gasteiger partial charge is 0.462 e. The number of aromatic nitrogens is 5. The Morgan fingerprint density at radius 1 is 1.09 bits per heavy atom. The second kappa shape index (κ2) is 12.4. The number of pyridine rings is 1. The van der Waals surface area contributed by atoms with Crippen LogP contribution in [0.2, 0.25) is 5.02 Å². The number of ether oxygens (including phenoxy) is 5. The maximum atomic E-state index is 17.0. The number of fused-ring (bicyclic) bond motifs is 8. The van der Waals surface area contributed by atoms with E-state index < -0.39 is 18.1 Å². The van der Waals surface area contributed by atoms with E-state index in [2.05, 4.69) is 25.1 Å². The van der Waals surface area contributed by atoms with Crippen molar-refractivity contribution in [1.82, 2.24) is 30.0 Å². The summed E-state index contributed by atoms with van der Waals surface area (Å²) in [6, 6.07) is 2.36. The van der Waals surface area contributed by atoms with Crippen LogP contribution in [0.15, 0.2) is 18.5 Å². The molecule has 1 aromatic carbocycles. The molecule has 9 rings (SSSR count). The molecule has 5 aliphatic rings. The predicted molar refractivity (Wildman–Crippen MR) is 165 cm³/mol. The van der Waals surface area contributed by atoms with Crippen LogP contribution >= 0.6 is 11.6 Å². The summed E-state index contributed by atoms with van der Waals surface area (Å²) in [5.74, 6) is -0.212. The number of halogens is 2. The van der Waals surface area contributed by atoms with Crippen molar-refractivity contribution in [2.75, 3.05) is 64.2 Å². The molecule has 13 nitrogen and oxygen atoms in total. The first-order valence-corrected chi connectivity index (χ1v) is 16.0. The molecule has 0 radical (unpaired) electrons. The minimum Gasteiger partial charge on any atom is -0.462 e. The molecule has 15 heteroatoms. The first kappa shape index (κ1) is 29.5. The second-order valence-electron chi connectivity index (χ2n) is 12.0. The summed E-state index contributed by atoms with van der Waals surface area (Å²) in [7, 11) is 0. The van der Waals surface area contributed by atoms with Gasteiger partial charge in [-0.25, -0.2) is 9.18 Å². The average Bonchev–Trinajstić information content (AvgIpc) is 3.63. The molecule has 242 valence electrons. The Labute approximate surface area is 268 Å². The summed E-state index contributed by atoms with van der Waals surface area (Å²) in [4.78, 5) is 31.1. The van der Waals surface area contributed by atoms with Crippen molar-refractivity contribution in [2.45, 2.75) is 43.9 Å². The summed E-state index contributed by atoms with van der Waals surface area (Å²) < 4.78 is 45.7. The third-order valence-corrected chi connectivity index (χ3v) is 9.58. The van der Waals surface area contributed by atoms with E-state index >= 15 is 4.39 Å². The van der Waals surface area contributed by atoms with Gasteiger partial charge in [-0.1, -0.05) is 11.6 Å². The highest BCUT2D eigenvalue weighted by Crippen LogP contribution is 2.40. The zero-order valence-electron chi connectivity index (χ0n) is 25.0. The number of morpholine rings is 1. The van der Waals surface area contributed by atoms with Crippen molar-refractivity contribution in [3.05, 3.63) is 34.9 Å². The highest BCUT2D eigenvalue weighted by molar-refractivity contribution is 6.33. The monoisotopic (exact) mass is 653 g/mol. The van der Waals surface area contributed by atoms with Gasteiger partial charge in [0, 0.05) is 47.3 Å². The van der Waals surface area contributed by atoms with Gasteiger partial charge in [0.1, 0.15) is 29.7 Å². The summed E-state index contributed by atoms with van der Waals surface area (Å²) in [6.07, 6.45) is 4.58. The molecule has 3 saturated heterocycles. The fraction of sp³-hybridized carbons (Fsp3) is 0.516. The number of carbonyl (C=O) groups is 1. The molecule has 2 unspecified atom stereocenters. The fourth-order valence-electron chi connectivity index (χ4n) is 7.03. The van der Waals surface area contributed by atoms with Crippen LogP contribution in [0.5, 0.6) is 6.01 Å². The van der Waals surface area contributed by atoms with Crippen molar-refractivity contribution in [1.29, 1.82) is 0 Å². The molecule has 4 aromatic rings. The van der Waals surface area contributed by atoms with Gasteiger partial charge in [-0.05, 0) is 37.3 Å². The molecule has 8 heterocycles. The number of hydrogen-bond donors (Lipinski definition) is 1. The molecule has 3 aromatic heterocycles. The van der Waals surface area contributed by atoms with Gasteiger partial charge >= 0.3 is 12.2 Å². The molecule has 6 bridgehead atoms. The summed E-state index contributed by atoms with van der Waals surface area (Å²) in [5.41, 5.74) is 1.95. The minimum atomic E-state index is -0.787. The Kier molecular flexibility index (Phi) is 7.96. The largest absolute Gasteiger partial charge is 0.508 e. The van der Waals surface area contributed by atoms with E-state index in [-0.39, 0.29) is 43.0 Å². The molecule has 3 fully saturated rings. The normalized spacial score (nSPS) is 24.1. The fourth-order valence-corrected chi connectivity index (χ4v) is 7.33. The van der Waals surface area contributed by atoms with Crippen LogP contribution in [0.25, 0.3) is 33.1 Å². The number of nitrogens with zero attached hydrogens (tertiary/aromatic N) is 6. The average molecular weight is 654 g/mol. The molecular formula is C31H33ClFN7O6. The lowest BCUT2D eigenvalue weighted by molar-refractivity contribution is -0.0101. The van der Waals surface area contributed by atoms with Gasteiger partial charge in [-0.2, -0.15) is 15.1 Å². The van der Waals surface area contributed by atoms with Crippen molar-refractivity contribution in [2.24, 2.45) is 0 Å². The zero-order valence-corrected chi connectivity index (χ0v) is 25.8. The quantitative estimate of drug-likeness (QED) is 0.321. The Morgan fingerprint density at radius 2 is 1.98 bits per heavy atom. The van der Waals surface area contributed by atoms with Gasteiger partial charge < -0.3 is 28.6 Å². The van der Waals surface area contributed by atoms with Gasteiger partial charge in [0.2, 0.25) is 0 Å². The topological polar surface area (TPSA) is 137 Å². The first-order chi connectivity index (χ1) is 22.5. The van der Waals surface area contributed by atoms with E-state index in [4.69, 9.17) is 40.3 Å². The lowest BCUT2D eigenvalue weighted by atomic mass is 9.95. The maximum absolute atomic E-state index is 17.0. The van der Waals surface area contributed by atoms with Crippen molar-refractivity contribution < 1.29 is 32.9 Å². The molecular weight excluding hydrogens is 621 g/mol. The number of hydrogen-bond acceptors (Lipinski definition) is 12. The van der Waals surface area contributed by atoms with E-state index in [1.54, 1.807) is 18.5 Å². The van der Waals surface area contributed by atoms with E-state index in [9.17, 15) is 4.79 Å². The van der Waals surface area contributed by atoms with Gasteiger partial charge in [-0.3, -0.25) is 15.0 Å². The van der Waals surface area contributed by atoms with Gasteiger partial charge in [-0.15, -0.1) is 0 Å². The number of rotatable bonds is 3. The van der Waals surface area contributed by atoms with E-state index in [1.807, 2.05) is 4.90 Å². The Morgan fingerprint density at radius 3 is 2.91 bits per heavy atom. The molecule has 0 aliphatic carbocycles. The minimum absolute atomic E-state index is 0.0539. The molecule has 1 N–H and O–H groups in total. The van der Waals surface area contributed by atoms with Crippen LogP contribution in [-0.2, 0) is 25.4 Å². The SMILES string of the molecule is O=C1OCCCc2c(Cl)cc3[nH]ncc3c2-c2ncc3c(nc(OCC4CCC5COCCN54)nc3c2F)N2CCOC[C@H](C2)O1. The number of nitrogens with one attached hydrogen (secondary N) is 1. The molecule has 5 aliphatic heterocycles. The van der Waals surface area contributed by atoms with E-state index in [1.165, 1.54) is 0 Å². The van der Waals surface area contributed by atoms with Crippen LogP contribution < -0.4 is 9.64 Å².